The van der Waals surface area contributed by atoms with Crippen LogP contribution in [0.1, 0.15) is 34.6 Å². The van der Waals surface area contributed by atoms with Gasteiger partial charge in [0.2, 0.25) is 0 Å². The molecule has 0 aliphatic heterocycles. The third kappa shape index (κ3) is 5.97. The maximum atomic E-state index is 12.2. The Morgan fingerprint density at radius 3 is 2.27 bits per heavy atom. The predicted molar refractivity (Wildman–Crippen MR) is 109 cm³/mol. The van der Waals surface area contributed by atoms with E-state index in [0.29, 0.717) is 23.4 Å². The van der Waals surface area contributed by atoms with Crippen molar-refractivity contribution >= 4 is 33.4 Å². The number of carbonyl (C=O) groups excluding carboxylic acids is 2. The Bertz CT molecular complexity index is 743. The topological polar surface area (TPSA) is 61.4 Å². The molecular formula is C20H24BrN3O2. The fourth-order valence-corrected chi connectivity index (χ4v) is 2.91. The Labute approximate surface area is 162 Å². The molecule has 0 saturated carbocycles. The fourth-order valence-electron chi connectivity index (χ4n) is 2.51. The normalized spacial score (nSPS) is 10.6. The van der Waals surface area contributed by atoms with Gasteiger partial charge in [-0.2, -0.15) is 0 Å². The van der Waals surface area contributed by atoms with Crippen LogP contribution in [-0.2, 0) is 0 Å². The minimum Gasteiger partial charge on any atom is -0.351 e. The SMILES string of the molecule is CCN(CC)CCNC(=O)c1ccc(NC(=O)c2cccc(Br)c2)cc1. The third-order valence-corrected chi connectivity index (χ3v) is 4.59. The highest BCUT2D eigenvalue weighted by Crippen LogP contribution is 2.15. The van der Waals surface area contributed by atoms with E-state index in [0.717, 1.165) is 24.1 Å². The molecule has 2 aromatic rings. The summed E-state index contributed by atoms with van der Waals surface area (Å²) >= 11 is 3.35. The standard InChI is InChI=1S/C20H24BrN3O2/c1-3-24(4-2)13-12-22-19(25)15-8-10-18(11-9-15)23-20(26)16-6-5-7-17(21)14-16/h5-11,14H,3-4,12-13H2,1-2H3,(H,22,25)(H,23,26). The van der Waals surface area contributed by atoms with Crippen molar-refractivity contribution in [3.63, 3.8) is 0 Å². The summed E-state index contributed by atoms with van der Waals surface area (Å²) in [7, 11) is 0. The van der Waals surface area contributed by atoms with E-state index < -0.39 is 0 Å². The molecule has 0 saturated heterocycles. The van der Waals surface area contributed by atoms with Crippen molar-refractivity contribution < 1.29 is 9.59 Å². The second-order valence-electron chi connectivity index (χ2n) is 5.82. The van der Waals surface area contributed by atoms with Crippen molar-refractivity contribution in [2.24, 2.45) is 0 Å². The van der Waals surface area contributed by atoms with Gasteiger partial charge in [-0.1, -0.05) is 35.8 Å². The largest absolute Gasteiger partial charge is 0.351 e. The molecule has 138 valence electrons. The van der Waals surface area contributed by atoms with Crippen LogP contribution < -0.4 is 10.6 Å². The Hall–Kier alpha value is -2.18. The molecule has 0 heterocycles. The molecule has 2 amide bonds. The number of benzene rings is 2. The molecule has 5 nitrogen and oxygen atoms in total. The van der Waals surface area contributed by atoms with Gasteiger partial charge in [-0.3, -0.25) is 9.59 Å². The van der Waals surface area contributed by atoms with Gasteiger partial charge in [0.25, 0.3) is 11.8 Å². The van der Waals surface area contributed by atoms with Gasteiger partial charge >= 0.3 is 0 Å². The van der Waals surface area contributed by atoms with Crippen LogP contribution in [0.4, 0.5) is 5.69 Å². The Kier molecular flexibility index (Phi) is 7.81. The van der Waals surface area contributed by atoms with E-state index in [4.69, 9.17) is 0 Å². The van der Waals surface area contributed by atoms with Crippen LogP contribution in [0.2, 0.25) is 0 Å². The summed E-state index contributed by atoms with van der Waals surface area (Å²) in [5.41, 5.74) is 1.79. The minimum absolute atomic E-state index is 0.109. The summed E-state index contributed by atoms with van der Waals surface area (Å²) in [6, 6.07) is 14.1. The molecule has 0 aliphatic rings. The lowest BCUT2D eigenvalue weighted by atomic mass is 10.1. The summed E-state index contributed by atoms with van der Waals surface area (Å²) in [4.78, 5) is 26.7. The predicted octanol–water partition coefficient (Wildman–Crippen LogP) is 3.77. The van der Waals surface area contributed by atoms with E-state index in [2.05, 4.69) is 45.3 Å². The van der Waals surface area contributed by atoms with E-state index in [1.54, 1.807) is 36.4 Å². The molecule has 0 aromatic heterocycles. The molecule has 0 fully saturated rings. The van der Waals surface area contributed by atoms with Crippen molar-refractivity contribution in [2.75, 3.05) is 31.5 Å². The smallest absolute Gasteiger partial charge is 0.255 e. The van der Waals surface area contributed by atoms with Crippen molar-refractivity contribution in [3.05, 3.63) is 64.1 Å². The van der Waals surface area contributed by atoms with Gasteiger partial charge in [-0.25, -0.2) is 0 Å². The zero-order valence-corrected chi connectivity index (χ0v) is 16.7. The van der Waals surface area contributed by atoms with E-state index in [1.807, 2.05) is 12.1 Å². The lowest BCUT2D eigenvalue weighted by molar-refractivity contribution is 0.0948. The maximum Gasteiger partial charge on any atom is 0.255 e. The van der Waals surface area contributed by atoms with Crippen molar-refractivity contribution in [1.82, 2.24) is 10.2 Å². The molecule has 6 heteroatoms. The number of rotatable bonds is 8. The summed E-state index contributed by atoms with van der Waals surface area (Å²) in [6.07, 6.45) is 0. The first kappa shape index (κ1) is 20.1. The van der Waals surface area contributed by atoms with Crippen LogP contribution in [0.3, 0.4) is 0 Å². The molecule has 0 radical (unpaired) electrons. The molecular weight excluding hydrogens is 394 g/mol. The van der Waals surface area contributed by atoms with Gasteiger partial charge in [-0.15, -0.1) is 0 Å². The number of likely N-dealkylation sites (N-methyl/N-ethyl adjacent to an activating group) is 1. The number of halogens is 1. The first-order valence-corrected chi connectivity index (χ1v) is 9.50. The lowest BCUT2D eigenvalue weighted by Crippen LogP contribution is -2.34. The summed E-state index contributed by atoms with van der Waals surface area (Å²) in [5, 5.41) is 5.74. The van der Waals surface area contributed by atoms with Crippen molar-refractivity contribution in [3.8, 4) is 0 Å². The highest BCUT2D eigenvalue weighted by atomic mass is 79.9. The second kappa shape index (κ2) is 10.1. The van der Waals surface area contributed by atoms with Crippen LogP contribution in [0.25, 0.3) is 0 Å². The van der Waals surface area contributed by atoms with Crippen LogP contribution >= 0.6 is 15.9 Å². The average molecular weight is 418 g/mol. The van der Waals surface area contributed by atoms with Crippen molar-refractivity contribution in [1.29, 1.82) is 0 Å². The van der Waals surface area contributed by atoms with E-state index in [1.165, 1.54) is 0 Å². The number of nitrogens with one attached hydrogen (secondary N) is 2. The molecule has 0 bridgehead atoms. The summed E-state index contributed by atoms with van der Waals surface area (Å²) in [5.74, 6) is -0.301. The average Bonchev–Trinajstić information content (AvgIpc) is 2.65. The third-order valence-electron chi connectivity index (χ3n) is 4.10. The number of anilines is 1. The van der Waals surface area contributed by atoms with Crippen molar-refractivity contribution in [2.45, 2.75) is 13.8 Å². The van der Waals surface area contributed by atoms with Crippen LogP contribution in [0.5, 0.6) is 0 Å². The molecule has 2 aromatic carbocycles. The number of amides is 2. The molecule has 0 spiro atoms. The quantitative estimate of drug-likeness (QED) is 0.686. The van der Waals surface area contributed by atoms with Gasteiger partial charge in [0.05, 0.1) is 0 Å². The summed E-state index contributed by atoms with van der Waals surface area (Å²) in [6.45, 7) is 7.60. The monoisotopic (exact) mass is 417 g/mol. The molecule has 26 heavy (non-hydrogen) atoms. The molecule has 0 unspecified atom stereocenters. The molecule has 0 atom stereocenters. The Morgan fingerprint density at radius 2 is 1.65 bits per heavy atom. The number of carbonyl (C=O) groups is 2. The molecule has 2 N–H and O–H groups in total. The zero-order valence-electron chi connectivity index (χ0n) is 15.1. The summed E-state index contributed by atoms with van der Waals surface area (Å²) < 4.78 is 0.849. The number of hydrogen-bond acceptors (Lipinski definition) is 3. The van der Waals surface area contributed by atoms with Gasteiger partial charge < -0.3 is 15.5 Å². The number of hydrogen-bond donors (Lipinski definition) is 2. The minimum atomic E-state index is -0.192. The highest BCUT2D eigenvalue weighted by Gasteiger charge is 2.09. The van der Waals surface area contributed by atoms with Gasteiger partial charge in [0, 0.05) is 34.4 Å². The Morgan fingerprint density at radius 1 is 0.962 bits per heavy atom. The maximum absolute atomic E-state index is 12.2. The second-order valence-corrected chi connectivity index (χ2v) is 6.74. The lowest BCUT2D eigenvalue weighted by Gasteiger charge is -2.18. The van der Waals surface area contributed by atoms with Gasteiger partial charge in [-0.05, 0) is 55.6 Å². The Balaban J connectivity index is 1.89. The molecule has 2 rings (SSSR count). The van der Waals surface area contributed by atoms with Crippen LogP contribution in [0.15, 0.2) is 53.0 Å². The highest BCUT2D eigenvalue weighted by molar-refractivity contribution is 9.10. The van der Waals surface area contributed by atoms with E-state index in [9.17, 15) is 9.59 Å². The van der Waals surface area contributed by atoms with Gasteiger partial charge in [0.15, 0.2) is 0 Å². The first-order valence-electron chi connectivity index (χ1n) is 8.71. The van der Waals surface area contributed by atoms with E-state index >= 15 is 0 Å². The first-order chi connectivity index (χ1) is 12.5. The fraction of sp³-hybridized carbons (Fsp3) is 0.300. The van der Waals surface area contributed by atoms with Crippen LogP contribution in [0, 0.1) is 0 Å². The van der Waals surface area contributed by atoms with Gasteiger partial charge in [0.1, 0.15) is 0 Å². The molecule has 0 aliphatic carbocycles. The number of nitrogens with zero attached hydrogens (tertiary/aromatic N) is 1. The van der Waals surface area contributed by atoms with E-state index in [-0.39, 0.29) is 11.8 Å². The van der Waals surface area contributed by atoms with Crippen LogP contribution in [-0.4, -0.2) is 42.9 Å². The zero-order chi connectivity index (χ0) is 18.9.